The number of ether oxygens (including phenoxy) is 1. The van der Waals surface area contributed by atoms with Crippen LogP contribution in [0, 0.1) is 5.82 Å². The first-order valence-corrected chi connectivity index (χ1v) is 9.17. The number of benzene rings is 2. The molecule has 0 saturated carbocycles. The average molecular weight is 385 g/mol. The molecule has 6 nitrogen and oxygen atoms in total. The third kappa shape index (κ3) is 4.60. The van der Waals surface area contributed by atoms with Gasteiger partial charge in [0.25, 0.3) is 5.91 Å². The number of anilines is 2. The zero-order valence-electron chi connectivity index (χ0n) is 16.1. The molecule has 1 saturated heterocycles. The van der Waals surface area contributed by atoms with Crippen LogP contribution < -0.4 is 9.80 Å². The standard InChI is InChI=1S/C21H24FN3O3/c1-23(2)17-7-5-6-16(14-17)21(27)28-15-20(26)25-12-10-24(11-13-25)19-9-4-3-8-18(19)22/h3-9,14H,10-13,15H2,1-2H3. The van der Waals surface area contributed by atoms with Crippen LogP contribution in [0.1, 0.15) is 10.4 Å². The van der Waals surface area contributed by atoms with Gasteiger partial charge in [0.1, 0.15) is 5.82 Å². The number of halogens is 1. The van der Waals surface area contributed by atoms with Crippen LogP contribution in [0.2, 0.25) is 0 Å². The van der Waals surface area contributed by atoms with Crippen LogP contribution >= 0.6 is 0 Å². The molecule has 1 amide bonds. The maximum absolute atomic E-state index is 13.9. The molecule has 3 rings (SSSR count). The number of carbonyl (C=O) groups is 2. The van der Waals surface area contributed by atoms with Crippen LogP contribution in [0.15, 0.2) is 48.5 Å². The Morgan fingerprint density at radius 3 is 2.43 bits per heavy atom. The van der Waals surface area contributed by atoms with E-state index in [1.54, 1.807) is 41.3 Å². The van der Waals surface area contributed by atoms with E-state index in [1.165, 1.54) is 6.07 Å². The monoisotopic (exact) mass is 385 g/mol. The molecule has 0 bridgehead atoms. The number of amides is 1. The van der Waals surface area contributed by atoms with Gasteiger partial charge in [0, 0.05) is 46.0 Å². The molecule has 7 heteroatoms. The lowest BCUT2D eigenvalue weighted by Crippen LogP contribution is -2.50. The second-order valence-corrected chi connectivity index (χ2v) is 6.84. The first-order valence-electron chi connectivity index (χ1n) is 9.17. The number of hydrogen-bond acceptors (Lipinski definition) is 5. The van der Waals surface area contributed by atoms with E-state index in [0.717, 1.165) is 5.69 Å². The molecule has 1 aliphatic rings. The molecule has 0 radical (unpaired) electrons. The summed E-state index contributed by atoms with van der Waals surface area (Å²) in [6.45, 7) is 1.68. The Bertz CT molecular complexity index is 848. The van der Waals surface area contributed by atoms with Gasteiger partial charge in [-0.1, -0.05) is 18.2 Å². The molecule has 28 heavy (non-hydrogen) atoms. The van der Waals surface area contributed by atoms with Crippen molar-refractivity contribution in [1.29, 1.82) is 0 Å². The highest BCUT2D eigenvalue weighted by molar-refractivity contribution is 5.92. The molecule has 0 N–H and O–H groups in total. The molecule has 2 aromatic rings. The smallest absolute Gasteiger partial charge is 0.338 e. The van der Waals surface area contributed by atoms with Crippen LogP contribution in [0.4, 0.5) is 15.8 Å². The maximum atomic E-state index is 13.9. The number of piperazine rings is 1. The minimum atomic E-state index is -0.526. The number of rotatable bonds is 5. The Hall–Kier alpha value is -3.09. The summed E-state index contributed by atoms with van der Waals surface area (Å²) < 4.78 is 19.1. The minimum absolute atomic E-state index is 0.245. The van der Waals surface area contributed by atoms with Gasteiger partial charge in [-0.25, -0.2) is 9.18 Å². The van der Waals surface area contributed by atoms with Gasteiger partial charge in [-0.2, -0.15) is 0 Å². The van der Waals surface area contributed by atoms with Crippen molar-refractivity contribution < 1.29 is 18.7 Å². The molecule has 1 heterocycles. The molecule has 0 unspecified atom stereocenters. The van der Waals surface area contributed by atoms with Gasteiger partial charge < -0.3 is 19.4 Å². The lowest BCUT2D eigenvalue weighted by atomic mass is 10.2. The number of hydrogen-bond donors (Lipinski definition) is 0. The van der Waals surface area contributed by atoms with Crippen molar-refractivity contribution in [2.75, 3.05) is 56.7 Å². The topological polar surface area (TPSA) is 53.1 Å². The summed E-state index contributed by atoms with van der Waals surface area (Å²) >= 11 is 0. The van der Waals surface area contributed by atoms with Gasteiger partial charge in [0.15, 0.2) is 6.61 Å². The lowest BCUT2D eigenvalue weighted by molar-refractivity contribution is -0.134. The second kappa shape index (κ2) is 8.73. The van der Waals surface area contributed by atoms with Gasteiger partial charge in [0.2, 0.25) is 0 Å². The highest BCUT2D eigenvalue weighted by atomic mass is 19.1. The quantitative estimate of drug-likeness (QED) is 0.740. The van der Waals surface area contributed by atoms with E-state index in [0.29, 0.717) is 37.4 Å². The third-order valence-corrected chi connectivity index (χ3v) is 4.75. The molecule has 148 valence electrons. The zero-order chi connectivity index (χ0) is 20.1. The van der Waals surface area contributed by atoms with Crippen molar-refractivity contribution in [1.82, 2.24) is 4.90 Å². The fraction of sp³-hybridized carbons (Fsp3) is 0.333. The zero-order valence-corrected chi connectivity index (χ0v) is 16.1. The van der Waals surface area contributed by atoms with Crippen LogP contribution in [-0.4, -0.2) is 63.7 Å². The molecular formula is C21H24FN3O3. The summed E-state index contributed by atoms with van der Waals surface area (Å²) in [6, 6.07) is 13.6. The predicted molar refractivity (Wildman–Crippen MR) is 106 cm³/mol. The van der Waals surface area contributed by atoms with Crippen molar-refractivity contribution >= 4 is 23.3 Å². The SMILES string of the molecule is CN(C)c1cccc(C(=O)OCC(=O)N2CCN(c3ccccc3F)CC2)c1. The summed E-state index contributed by atoms with van der Waals surface area (Å²) in [5.41, 5.74) is 1.83. The highest BCUT2D eigenvalue weighted by Crippen LogP contribution is 2.20. The Balaban J connectivity index is 1.50. The van der Waals surface area contributed by atoms with E-state index in [2.05, 4.69) is 0 Å². The maximum Gasteiger partial charge on any atom is 0.338 e. The molecular weight excluding hydrogens is 361 g/mol. The third-order valence-electron chi connectivity index (χ3n) is 4.75. The van der Waals surface area contributed by atoms with Crippen LogP contribution in [0.3, 0.4) is 0 Å². The van der Waals surface area contributed by atoms with Gasteiger partial charge in [-0.3, -0.25) is 4.79 Å². The molecule has 0 atom stereocenters. The van der Waals surface area contributed by atoms with Gasteiger partial charge in [0.05, 0.1) is 11.3 Å². The van der Waals surface area contributed by atoms with E-state index in [-0.39, 0.29) is 18.3 Å². The number of esters is 1. The minimum Gasteiger partial charge on any atom is -0.452 e. The Kier molecular flexibility index (Phi) is 6.13. The second-order valence-electron chi connectivity index (χ2n) is 6.84. The van der Waals surface area contributed by atoms with Crippen molar-refractivity contribution in [3.8, 4) is 0 Å². The van der Waals surface area contributed by atoms with Crippen molar-refractivity contribution in [3.63, 3.8) is 0 Å². The lowest BCUT2D eigenvalue weighted by Gasteiger charge is -2.36. The van der Waals surface area contributed by atoms with E-state index in [9.17, 15) is 14.0 Å². The molecule has 2 aromatic carbocycles. The molecule has 0 spiro atoms. The number of para-hydroxylation sites is 1. The fourth-order valence-electron chi connectivity index (χ4n) is 3.12. The summed E-state index contributed by atoms with van der Waals surface area (Å²) in [5.74, 6) is -1.04. The van der Waals surface area contributed by atoms with E-state index in [4.69, 9.17) is 4.74 Å². The van der Waals surface area contributed by atoms with E-state index >= 15 is 0 Å². The summed E-state index contributed by atoms with van der Waals surface area (Å²) in [5, 5.41) is 0. The summed E-state index contributed by atoms with van der Waals surface area (Å²) in [7, 11) is 3.77. The Labute approximate surface area is 164 Å². The summed E-state index contributed by atoms with van der Waals surface area (Å²) in [4.78, 5) is 30.0. The summed E-state index contributed by atoms with van der Waals surface area (Å²) in [6.07, 6.45) is 0. The fourth-order valence-corrected chi connectivity index (χ4v) is 3.12. The molecule has 1 aliphatic heterocycles. The van der Waals surface area contributed by atoms with Gasteiger partial charge >= 0.3 is 5.97 Å². The van der Waals surface area contributed by atoms with Crippen molar-refractivity contribution in [2.24, 2.45) is 0 Å². The molecule has 0 aromatic heterocycles. The van der Waals surface area contributed by atoms with E-state index < -0.39 is 5.97 Å². The first-order chi connectivity index (χ1) is 13.5. The first kappa shape index (κ1) is 19.7. The van der Waals surface area contributed by atoms with Crippen LogP contribution in [0.25, 0.3) is 0 Å². The van der Waals surface area contributed by atoms with Crippen LogP contribution in [-0.2, 0) is 9.53 Å². The number of carbonyl (C=O) groups excluding carboxylic acids is 2. The highest BCUT2D eigenvalue weighted by Gasteiger charge is 2.23. The van der Waals surface area contributed by atoms with E-state index in [1.807, 2.05) is 30.0 Å². The molecule has 0 aliphatic carbocycles. The average Bonchev–Trinajstić information content (AvgIpc) is 2.72. The normalized spacial score (nSPS) is 14.0. The number of nitrogens with zero attached hydrogens (tertiary/aromatic N) is 3. The van der Waals surface area contributed by atoms with Crippen molar-refractivity contribution in [2.45, 2.75) is 0 Å². The predicted octanol–water partition coefficient (Wildman–Crippen LogP) is 2.40. The Morgan fingerprint density at radius 1 is 1.04 bits per heavy atom. The van der Waals surface area contributed by atoms with Gasteiger partial charge in [-0.05, 0) is 30.3 Å². The largest absolute Gasteiger partial charge is 0.452 e. The Morgan fingerprint density at radius 2 is 1.75 bits per heavy atom. The van der Waals surface area contributed by atoms with Crippen LogP contribution in [0.5, 0.6) is 0 Å². The van der Waals surface area contributed by atoms with Gasteiger partial charge in [-0.15, -0.1) is 0 Å². The molecule has 1 fully saturated rings. The van der Waals surface area contributed by atoms with Crippen molar-refractivity contribution in [3.05, 3.63) is 59.9 Å².